The van der Waals surface area contributed by atoms with Crippen LogP contribution in [-0.4, -0.2) is 23.4 Å². The van der Waals surface area contributed by atoms with Crippen LogP contribution in [0.25, 0.3) is 10.9 Å². The second-order valence-electron chi connectivity index (χ2n) is 8.53. The van der Waals surface area contributed by atoms with Crippen LogP contribution in [0.5, 0.6) is 11.5 Å². The number of fused-ring (bicyclic) bond motifs is 1. The smallest absolute Gasteiger partial charge is 0.138 e. The summed E-state index contributed by atoms with van der Waals surface area (Å²) in [6.07, 6.45) is 2.05. The minimum atomic E-state index is -0.241. The van der Waals surface area contributed by atoms with Gasteiger partial charge >= 0.3 is 0 Å². The Morgan fingerprint density at radius 2 is 1.64 bits per heavy atom. The lowest BCUT2D eigenvalue weighted by molar-refractivity contribution is -0.0337. The number of rotatable bonds is 6. The van der Waals surface area contributed by atoms with Gasteiger partial charge in [0.15, 0.2) is 0 Å². The van der Waals surface area contributed by atoms with E-state index in [-0.39, 0.29) is 18.4 Å². The molecule has 0 radical (unpaired) electrons. The summed E-state index contributed by atoms with van der Waals surface area (Å²) in [6, 6.07) is 26.1. The molecule has 3 atom stereocenters. The number of benzene rings is 3. The van der Waals surface area contributed by atoms with Crippen LogP contribution in [0.3, 0.4) is 0 Å². The highest BCUT2D eigenvalue weighted by molar-refractivity contribution is 5.86. The Kier molecular flexibility index (Phi) is 5.77. The average Bonchev–Trinajstić information content (AvgIpc) is 3.44. The Labute approximate surface area is 193 Å². The fourth-order valence-corrected chi connectivity index (χ4v) is 4.29. The molecule has 0 unspecified atom stereocenters. The van der Waals surface area contributed by atoms with E-state index < -0.39 is 0 Å². The topological polar surface area (TPSA) is 56.4 Å². The third-order valence-corrected chi connectivity index (χ3v) is 6.12. The second-order valence-corrected chi connectivity index (χ2v) is 8.53. The van der Waals surface area contributed by atoms with Crippen molar-refractivity contribution in [2.45, 2.75) is 38.7 Å². The first-order valence-corrected chi connectivity index (χ1v) is 11.2. The van der Waals surface area contributed by atoms with E-state index in [4.69, 9.17) is 14.2 Å². The van der Waals surface area contributed by atoms with E-state index in [1.807, 2.05) is 79.0 Å². The first kappa shape index (κ1) is 21.1. The average molecular weight is 439 g/mol. The van der Waals surface area contributed by atoms with E-state index in [0.29, 0.717) is 18.6 Å². The maximum absolute atomic E-state index is 9.45. The number of hydrogen-bond donors (Lipinski definition) is 0. The molecule has 0 amide bonds. The predicted molar refractivity (Wildman–Crippen MR) is 127 cm³/mol. The van der Waals surface area contributed by atoms with E-state index in [1.165, 1.54) is 11.1 Å². The van der Waals surface area contributed by atoms with Gasteiger partial charge in [-0.05, 0) is 56.3 Å². The molecule has 2 heterocycles. The molecule has 5 nitrogen and oxygen atoms in total. The quantitative estimate of drug-likeness (QED) is 0.374. The van der Waals surface area contributed by atoms with Crippen molar-refractivity contribution in [3.8, 4) is 17.6 Å². The van der Waals surface area contributed by atoms with Crippen molar-refractivity contribution < 1.29 is 14.2 Å². The Bertz CT molecular complexity index is 1290. The molecule has 5 rings (SSSR count). The van der Waals surface area contributed by atoms with Gasteiger partial charge in [-0.3, -0.25) is 0 Å². The molecule has 1 fully saturated rings. The number of nitrogens with zero attached hydrogens (tertiary/aromatic N) is 2. The van der Waals surface area contributed by atoms with E-state index in [9.17, 15) is 5.26 Å². The van der Waals surface area contributed by atoms with Crippen LogP contribution >= 0.6 is 0 Å². The van der Waals surface area contributed by atoms with Crippen LogP contribution in [0, 0.1) is 25.2 Å². The highest BCUT2D eigenvalue weighted by Crippen LogP contribution is 2.35. The van der Waals surface area contributed by atoms with Crippen LogP contribution in [0.15, 0.2) is 79.0 Å². The van der Waals surface area contributed by atoms with E-state index in [1.54, 1.807) is 0 Å². The van der Waals surface area contributed by atoms with Crippen LogP contribution in [0.4, 0.5) is 0 Å². The van der Waals surface area contributed by atoms with Gasteiger partial charge in [0.2, 0.25) is 0 Å². The maximum Gasteiger partial charge on any atom is 0.138 e. The molecule has 0 saturated carbocycles. The zero-order valence-corrected chi connectivity index (χ0v) is 18.8. The summed E-state index contributed by atoms with van der Waals surface area (Å²) in [5.41, 5.74) is 4.02. The molecule has 0 spiro atoms. The molecule has 3 aromatic carbocycles. The monoisotopic (exact) mass is 438 g/mol. The lowest BCUT2D eigenvalue weighted by Gasteiger charge is -2.20. The zero-order chi connectivity index (χ0) is 22.8. The molecule has 166 valence electrons. The summed E-state index contributed by atoms with van der Waals surface area (Å²) in [5, 5.41) is 10.4. The lowest BCUT2D eigenvalue weighted by Crippen LogP contribution is -2.32. The first-order chi connectivity index (χ1) is 16.1. The minimum Gasteiger partial charge on any atom is -0.491 e. The van der Waals surface area contributed by atoms with Gasteiger partial charge in [0.05, 0.1) is 17.1 Å². The van der Waals surface area contributed by atoms with Crippen molar-refractivity contribution >= 4 is 10.9 Å². The third kappa shape index (κ3) is 4.44. The van der Waals surface area contributed by atoms with Gasteiger partial charge in [0, 0.05) is 18.0 Å². The van der Waals surface area contributed by atoms with Crippen LogP contribution < -0.4 is 9.47 Å². The summed E-state index contributed by atoms with van der Waals surface area (Å²) >= 11 is 0. The summed E-state index contributed by atoms with van der Waals surface area (Å²) in [4.78, 5) is 0. The number of aryl methyl sites for hydroxylation is 2. The van der Waals surface area contributed by atoms with Crippen molar-refractivity contribution in [2.75, 3.05) is 6.61 Å². The first-order valence-electron chi connectivity index (χ1n) is 11.2. The normalized spacial score (nSPS) is 20.0. The summed E-state index contributed by atoms with van der Waals surface area (Å²) < 4.78 is 21.0. The highest BCUT2D eigenvalue weighted by Gasteiger charge is 2.39. The molecule has 0 aliphatic carbocycles. The Morgan fingerprint density at radius 3 is 2.33 bits per heavy atom. The Morgan fingerprint density at radius 1 is 0.939 bits per heavy atom. The molecule has 1 aliphatic heterocycles. The molecule has 0 N–H and O–H groups in total. The molecule has 1 aliphatic rings. The second kappa shape index (κ2) is 9.01. The van der Waals surface area contributed by atoms with Gasteiger partial charge in [0.1, 0.15) is 36.5 Å². The van der Waals surface area contributed by atoms with Gasteiger partial charge in [0.25, 0.3) is 0 Å². The Balaban J connectivity index is 1.39. The molecule has 33 heavy (non-hydrogen) atoms. The van der Waals surface area contributed by atoms with Crippen molar-refractivity contribution in [3.05, 3.63) is 95.7 Å². The largest absolute Gasteiger partial charge is 0.491 e. The zero-order valence-electron chi connectivity index (χ0n) is 18.8. The summed E-state index contributed by atoms with van der Waals surface area (Å²) in [7, 11) is 0. The number of ether oxygens (including phenoxy) is 3. The van der Waals surface area contributed by atoms with Crippen molar-refractivity contribution in [2.24, 2.45) is 0 Å². The van der Waals surface area contributed by atoms with Crippen LogP contribution in [0.2, 0.25) is 0 Å². The summed E-state index contributed by atoms with van der Waals surface area (Å²) in [5.74, 6) is 1.63. The highest BCUT2D eigenvalue weighted by atomic mass is 16.6. The summed E-state index contributed by atoms with van der Waals surface area (Å²) in [6.45, 7) is 4.50. The number of hydrogen-bond acceptors (Lipinski definition) is 4. The van der Waals surface area contributed by atoms with Crippen molar-refractivity contribution in [1.29, 1.82) is 5.26 Å². The van der Waals surface area contributed by atoms with Crippen LogP contribution in [-0.2, 0) is 4.74 Å². The molecular weight excluding hydrogens is 412 g/mol. The fourth-order valence-electron chi connectivity index (χ4n) is 4.29. The molecule has 4 aromatic rings. The SMILES string of the molecule is Cc1ccc(OC[C@H]2O[C@@H](n3ccc4c(C#N)cccc43)C[C@@H]2Oc2ccc(C)cc2)cc1. The minimum absolute atomic E-state index is 0.167. The molecule has 1 aromatic heterocycles. The molecule has 0 bridgehead atoms. The maximum atomic E-state index is 9.45. The lowest BCUT2D eigenvalue weighted by atomic mass is 10.1. The number of nitriles is 1. The third-order valence-electron chi connectivity index (χ3n) is 6.12. The van der Waals surface area contributed by atoms with Crippen molar-refractivity contribution in [3.63, 3.8) is 0 Å². The molecular formula is C28H26N2O3. The van der Waals surface area contributed by atoms with Gasteiger partial charge in [-0.2, -0.15) is 5.26 Å². The van der Waals surface area contributed by atoms with Gasteiger partial charge in [-0.15, -0.1) is 0 Å². The number of aromatic nitrogens is 1. The van der Waals surface area contributed by atoms with Crippen molar-refractivity contribution in [1.82, 2.24) is 4.57 Å². The molecule has 1 saturated heterocycles. The van der Waals surface area contributed by atoms with E-state index >= 15 is 0 Å². The van der Waals surface area contributed by atoms with Gasteiger partial charge in [-0.25, -0.2) is 0 Å². The van der Waals surface area contributed by atoms with Gasteiger partial charge < -0.3 is 18.8 Å². The predicted octanol–water partition coefficient (Wildman–Crippen LogP) is 5.94. The standard InChI is InChI=1S/C28H26N2O3/c1-19-6-10-22(11-7-19)31-18-27-26(32-23-12-8-20(2)9-13-23)16-28(33-27)30-15-14-24-21(17-29)4-3-5-25(24)30/h3-15,26-28H,16,18H2,1-2H3/t26-,27+,28+/m0/s1. The Hall–Kier alpha value is -3.75. The van der Waals surface area contributed by atoms with E-state index in [2.05, 4.69) is 24.5 Å². The molecule has 5 heteroatoms. The van der Waals surface area contributed by atoms with E-state index in [0.717, 1.165) is 22.4 Å². The van der Waals surface area contributed by atoms with Crippen LogP contribution in [0.1, 0.15) is 29.3 Å². The fraction of sp³-hybridized carbons (Fsp3) is 0.250. The van der Waals surface area contributed by atoms with Gasteiger partial charge in [-0.1, -0.05) is 41.5 Å².